The molecule has 21 heavy (non-hydrogen) atoms. The Balaban J connectivity index is 4.09. The molecular formula is C14H27O6P. The molecule has 0 saturated heterocycles. The van der Waals surface area contributed by atoms with Crippen LogP contribution in [0.15, 0.2) is 12.2 Å². The van der Waals surface area contributed by atoms with Crippen molar-refractivity contribution < 1.29 is 28.0 Å². The number of phosphoric acid groups is 1. The summed E-state index contributed by atoms with van der Waals surface area (Å²) in [6.07, 6.45) is 4.10. The Kier molecular flexibility index (Phi) is 10.6. The minimum Gasteiger partial charge on any atom is -0.432 e. The van der Waals surface area contributed by atoms with Crippen molar-refractivity contribution in [2.75, 3.05) is 6.61 Å². The van der Waals surface area contributed by atoms with E-state index in [0.29, 0.717) is 6.42 Å². The third kappa shape index (κ3) is 10.7. The Morgan fingerprint density at radius 2 is 1.86 bits per heavy atom. The Hall–Kier alpha value is -0.680. The molecule has 0 rings (SSSR count). The van der Waals surface area contributed by atoms with Gasteiger partial charge in [-0.1, -0.05) is 46.1 Å². The van der Waals surface area contributed by atoms with Crippen LogP contribution in [-0.4, -0.2) is 23.8 Å². The number of hydrogen-bond donors (Lipinski definition) is 1. The van der Waals surface area contributed by atoms with Gasteiger partial charge < -0.3 is 9.63 Å². The highest BCUT2D eigenvalue weighted by Crippen LogP contribution is 2.45. The average Bonchev–Trinajstić information content (AvgIpc) is 2.41. The quantitative estimate of drug-likeness (QED) is 0.193. The number of carbonyl (C=O) groups is 1. The van der Waals surface area contributed by atoms with E-state index in [-0.39, 0.29) is 18.6 Å². The van der Waals surface area contributed by atoms with Crippen LogP contribution in [0.25, 0.3) is 0 Å². The number of unbranched alkanes of at least 4 members (excludes halogenated alkanes) is 4. The Bertz CT molecular complexity index is 368. The van der Waals surface area contributed by atoms with Crippen molar-refractivity contribution >= 4 is 13.8 Å². The Morgan fingerprint density at radius 1 is 1.24 bits per heavy atom. The molecule has 0 fully saturated rings. The largest absolute Gasteiger partial charge is 0.475 e. The van der Waals surface area contributed by atoms with E-state index in [4.69, 9.17) is 13.8 Å². The molecule has 0 heterocycles. The van der Waals surface area contributed by atoms with Crippen LogP contribution in [0.1, 0.15) is 59.3 Å². The van der Waals surface area contributed by atoms with E-state index in [2.05, 4.69) is 13.5 Å². The average molecular weight is 322 g/mol. The summed E-state index contributed by atoms with van der Waals surface area (Å²) in [4.78, 5) is 20.9. The third-order valence-corrected chi connectivity index (χ3v) is 3.68. The minimum atomic E-state index is -4.21. The SMILES string of the molecule is C=C(C)C(=O)OC(CC)OP(=O)(O)OCCCCCCC. The smallest absolute Gasteiger partial charge is 0.432 e. The number of esters is 1. The van der Waals surface area contributed by atoms with Gasteiger partial charge in [0, 0.05) is 12.0 Å². The van der Waals surface area contributed by atoms with Crippen molar-refractivity contribution in [3.8, 4) is 0 Å². The van der Waals surface area contributed by atoms with Crippen molar-refractivity contribution in [1.82, 2.24) is 0 Å². The van der Waals surface area contributed by atoms with Gasteiger partial charge in [0.15, 0.2) is 0 Å². The zero-order valence-electron chi connectivity index (χ0n) is 13.2. The van der Waals surface area contributed by atoms with Crippen LogP contribution in [0.4, 0.5) is 0 Å². The fourth-order valence-corrected chi connectivity index (χ4v) is 2.37. The molecule has 0 aromatic heterocycles. The lowest BCUT2D eigenvalue weighted by Gasteiger charge is -2.19. The second-order valence-corrected chi connectivity index (χ2v) is 6.25. The fourth-order valence-electron chi connectivity index (χ4n) is 1.46. The fraction of sp³-hybridized carbons (Fsp3) is 0.786. The number of carbonyl (C=O) groups excluding carboxylic acids is 1. The van der Waals surface area contributed by atoms with E-state index >= 15 is 0 Å². The molecule has 0 bridgehead atoms. The number of hydrogen-bond acceptors (Lipinski definition) is 5. The van der Waals surface area contributed by atoms with E-state index in [1.54, 1.807) is 6.92 Å². The van der Waals surface area contributed by atoms with E-state index in [1.807, 2.05) is 0 Å². The Labute approximate surface area is 127 Å². The first-order valence-electron chi connectivity index (χ1n) is 7.34. The van der Waals surface area contributed by atoms with Crippen molar-refractivity contribution in [1.29, 1.82) is 0 Å². The van der Waals surface area contributed by atoms with Crippen LogP contribution >= 0.6 is 7.82 Å². The Morgan fingerprint density at radius 3 is 2.38 bits per heavy atom. The predicted molar refractivity (Wildman–Crippen MR) is 80.6 cm³/mol. The molecule has 124 valence electrons. The molecule has 0 amide bonds. The first kappa shape index (κ1) is 20.3. The van der Waals surface area contributed by atoms with Crippen LogP contribution in [0, 0.1) is 0 Å². The lowest BCUT2D eigenvalue weighted by Crippen LogP contribution is -2.20. The van der Waals surface area contributed by atoms with Crippen LogP contribution in [0.5, 0.6) is 0 Å². The topological polar surface area (TPSA) is 82.1 Å². The maximum absolute atomic E-state index is 11.7. The number of ether oxygens (including phenoxy) is 1. The molecule has 0 aromatic carbocycles. The molecule has 0 aromatic rings. The zero-order valence-corrected chi connectivity index (χ0v) is 14.1. The van der Waals surface area contributed by atoms with Crippen molar-refractivity contribution in [2.24, 2.45) is 0 Å². The highest BCUT2D eigenvalue weighted by Gasteiger charge is 2.28. The molecular weight excluding hydrogens is 295 g/mol. The summed E-state index contributed by atoms with van der Waals surface area (Å²) in [7, 11) is -4.21. The van der Waals surface area contributed by atoms with Gasteiger partial charge in [0.25, 0.3) is 0 Å². The molecule has 6 nitrogen and oxygen atoms in total. The second kappa shape index (κ2) is 11.0. The maximum Gasteiger partial charge on any atom is 0.475 e. The summed E-state index contributed by atoms with van der Waals surface area (Å²) in [5, 5.41) is 0. The molecule has 0 aliphatic carbocycles. The van der Waals surface area contributed by atoms with E-state index in [1.165, 1.54) is 6.92 Å². The molecule has 0 aliphatic heterocycles. The van der Waals surface area contributed by atoms with Crippen molar-refractivity contribution in [2.45, 2.75) is 65.6 Å². The molecule has 2 atom stereocenters. The van der Waals surface area contributed by atoms with Crippen LogP contribution < -0.4 is 0 Å². The standard InChI is InChI=1S/C14H27O6P/c1-5-7-8-9-10-11-18-21(16,17)20-13(6-2)19-14(15)12(3)4/h13H,3,5-11H2,1-2,4H3,(H,16,17). The molecule has 1 N–H and O–H groups in total. The van der Waals surface area contributed by atoms with Crippen LogP contribution in [0.3, 0.4) is 0 Å². The minimum absolute atomic E-state index is 0.141. The van der Waals surface area contributed by atoms with E-state index in [9.17, 15) is 14.3 Å². The van der Waals surface area contributed by atoms with E-state index < -0.39 is 20.1 Å². The monoisotopic (exact) mass is 322 g/mol. The highest BCUT2D eigenvalue weighted by atomic mass is 31.2. The van der Waals surface area contributed by atoms with Gasteiger partial charge in [0.05, 0.1) is 6.61 Å². The summed E-state index contributed by atoms with van der Waals surface area (Å²) < 4.78 is 26.3. The van der Waals surface area contributed by atoms with Crippen LogP contribution in [-0.2, 0) is 23.1 Å². The summed E-state index contributed by atoms with van der Waals surface area (Å²) in [5.74, 6) is -0.665. The third-order valence-electron chi connectivity index (χ3n) is 2.67. The maximum atomic E-state index is 11.7. The molecule has 0 spiro atoms. The van der Waals surface area contributed by atoms with Gasteiger partial charge in [0.2, 0.25) is 6.29 Å². The van der Waals surface area contributed by atoms with Gasteiger partial charge in [-0.25, -0.2) is 13.9 Å². The molecule has 0 radical (unpaired) electrons. The van der Waals surface area contributed by atoms with Gasteiger partial charge in [-0.05, 0) is 13.3 Å². The predicted octanol–water partition coefficient (Wildman–Crippen LogP) is 3.95. The highest BCUT2D eigenvalue weighted by molar-refractivity contribution is 7.47. The van der Waals surface area contributed by atoms with Crippen molar-refractivity contribution in [3.05, 3.63) is 12.2 Å². The lowest BCUT2D eigenvalue weighted by molar-refractivity contribution is -0.161. The second-order valence-electron chi connectivity index (χ2n) is 4.84. The first-order valence-corrected chi connectivity index (χ1v) is 8.84. The molecule has 0 aliphatic rings. The zero-order chi connectivity index (χ0) is 16.3. The van der Waals surface area contributed by atoms with Gasteiger partial charge in [-0.3, -0.25) is 4.52 Å². The molecule has 0 saturated carbocycles. The summed E-state index contributed by atoms with van der Waals surface area (Å²) in [5.41, 5.74) is 0.196. The molecule has 2 unspecified atom stereocenters. The van der Waals surface area contributed by atoms with Gasteiger partial charge in [-0.15, -0.1) is 0 Å². The van der Waals surface area contributed by atoms with E-state index in [0.717, 1.165) is 25.7 Å². The normalized spacial score (nSPS) is 15.2. The summed E-state index contributed by atoms with van der Waals surface area (Å²) in [6.45, 7) is 8.84. The van der Waals surface area contributed by atoms with Gasteiger partial charge in [0.1, 0.15) is 0 Å². The number of phosphoric ester groups is 1. The van der Waals surface area contributed by atoms with Crippen LogP contribution in [0.2, 0.25) is 0 Å². The summed E-state index contributed by atoms with van der Waals surface area (Å²) >= 11 is 0. The van der Waals surface area contributed by atoms with Crippen molar-refractivity contribution in [3.63, 3.8) is 0 Å². The van der Waals surface area contributed by atoms with Gasteiger partial charge in [-0.2, -0.15) is 0 Å². The van der Waals surface area contributed by atoms with Gasteiger partial charge >= 0.3 is 13.8 Å². The summed E-state index contributed by atoms with van der Waals surface area (Å²) in [6, 6.07) is 0. The first-order chi connectivity index (χ1) is 9.82. The lowest BCUT2D eigenvalue weighted by atomic mass is 10.2. The number of rotatable bonds is 12. The molecule has 7 heteroatoms.